The lowest BCUT2D eigenvalue weighted by molar-refractivity contribution is -0.117. The Morgan fingerprint density at radius 1 is 1.14 bits per heavy atom. The Bertz CT molecular complexity index is 1230. The molecule has 1 fully saturated rings. The number of hydrogen-bond acceptors (Lipinski definition) is 4. The highest BCUT2D eigenvalue weighted by molar-refractivity contribution is 5.94. The zero-order valence-corrected chi connectivity index (χ0v) is 15.9. The lowest BCUT2D eigenvalue weighted by atomic mass is 10.0. The zero-order chi connectivity index (χ0) is 19.8. The van der Waals surface area contributed by atoms with Crippen molar-refractivity contribution in [2.24, 2.45) is 0 Å². The van der Waals surface area contributed by atoms with Crippen LogP contribution in [0.4, 0.5) is 5.69 Å². The van der Waals surface area contributed by atoms with Crippen LogP contribution < -0.4 is 11.0 Å². The highest BCUT2D eigenvalue weighted by Gasteiger charge is 2.24. The number of hydrogen-bond donors (Lipinski definition) is 3. The van der Waals surface area contributed by atoms with Crippen molar-refractivity contribution in [2.45, 2.75) is 18.9 Å². The number of likely N-dealkylation sites (tertiary alicyclic amines) is 1. The minimum Gasteiger partial charge on any atom is -0.325 e. The molecule has 2 aromatic carbocycles. The third-order valence-corrected chi connectivity index (χ3v) is 5.64. The van der Waals surface area contributed by atoms with E-state index in [9.17, 15) is 9.59 Å². The third-order valence-electron chi connectivity index (χ3n) is 5.64. The average molecular weight is 390 g/mol. The second kappa shape index (κ2) is 7.21. The molecule has 1 saturated heterocycles. The number of anilines is 1. The van der Waals surface area contributed by atoms with Crippen molar-refractivity contribution in [1.29, 1.82) is 0 Å². The Morgan fingerprint density at radius 3 is 2.83 bits per heavy atom. The van der Waals surface area contributed by atoms with Gasteiger partial charge in [0.1, 0.15) is 0 Å². The van der Waals surface area contributed by atoms with Gasteiger partial charge in [0, 0.05) is 30.2 Å². The molecule has 0 bridgehead atoms. The van der Waals surface area contributed by atoms with Gasteiger partial charge in [-0.2, -0.15) is 5.10 Å². The first-order valence-electron chi connectivity index (χ1n) is 9.82. The molecule has 5 rings (SSSR count). The maximum absolute atomic E-state index is 12.5. The molecule has 1 aliphatic rings. The van der Waals surface area contributed by atoms with Crippen LogP contribution in [0.5, 0.6) is 0 Å². The molecule has 1 aliphatic heterocycles. The van der Waals surface area contributed by atoms with Crippen LogP contribution in [-0.2, 0) is 4.79 Å². The topological polar surface area (TPSA) is 98.8 Å². The van der Waals surface area contributed by atoms with E-state index in [1.807, 2.05) is 47.0 Å². The first kappa shape index (κ1) is 17.7. The van der Waals surface area contributed by atoms with Crippen molar-refractivity contribution in [3.8, 4) is 0 Å². The first-order chi connectivity index (χ1) is 14.2. The number of fused-ring (bicyclic) bond motifs is 2. The summed E-state index contributed by atoms with van der Waals surface area (Å²) >= 11 is 0. The van der Waals surface area contributed by atoms with Crippen LogP contribution in [0.25, 0.3) is 21.9 Å². The Kier molecular flexibility index (Phi) is 4.40. The van der Waals surface area contributed by atoms with E-state index in [0.29, 0.717) is 6.54 Å². The van der Waals surface area contributed by atoms with E-state index in [1.54, 1.807) is 6.20 Å². The van der Waals surface area contributed by atoms with E-state index in [2.05, 4.69) is 25.4 Å². The van der Waals surface area contributed by atoms with Crippen LogP contribution in [0.15, 0.2) is 53.5 Å². The summed E-state index contributed by atoms with van der Waals surface area (Å²) in [6, 6.07) is 13.6. The van der Waals surface area contributed by atoms with Gasteiger partial charge >= 0.3 is 5.69 Å². The van der Waals surface area contributed by atoms with Gasteiger partial charge in [-0.05, 0) is 43.2 Å². The fourth-order valence-electron chi connectivity index (χ4n) is 4.19. The highest BCUT2D eigenvalue weighted by Crippen LogP contribution is 2.25. The second-order valence-electron chi connectivity index (χ2n) is 7.54. The fraction of sp³-hybridized carbons (Fsp3) is 0.286. The number of amides is 1. The maximum Gasteiger partial charge on any atom is 0.326 e. The standard InChI is InChI=1S/C21H22N6O2/c28-20(23-15-6-5-14-12-22-25-18(14)11-15)13-26-9-7-16(8-10-26)27-19-4-2-1-3-17(19)24-21(27)29/h1-6,11-12,16H,7-10,13H2,(H,22,25)(H,23,28)(H,24,29). The Balaban J connectivity index is 1.21. The van der Waals surface area contributed by atoms with E-state index in [-0.39, 0.29) is 17.6 Å². The number of carbonyl (C=O) groups is 1. The van der Waals surface area contributed by atoms with Gasteiger partial charge in [-0.3, -0.25) is 19.4 Å². The minimum atomic E-state index is -0.0587. The van der Waals surface area contributed by atoms with Gasteiger partial charge in [0.05, 0.1) is 29.3 Å². The molecule has 8 nitrogen and oxygen atoms in total. The number of H-pyrrole nitrogens is 2. The zero-order valence-electron chi connectivity index (χ0n) is 15.9. The van der Waals surface area contributed by atoms with Crippen LogP contribution >= 0.6 is 0 Å². The summed E-state index contributed by atoms with van der Waals surface area (Å²) in [5.74, 6) is -0.0356. The van der Waals surface area contributed by atoms with Gasteiger partial charge in [0.2, 0.25) is 5.91 Å². The molecule has 0 atom stereocenters. The molecule has 8 heteroatoms. The second-order valence-corrected chi connectivity index (χ2v) is 7.54. The van der Waals surface area contributed by atoms with E-state index in [4.69, 9.17) is 0 Å². The molecule has 0 saturated carbocycles. The van der Waals surface area contributed by atoms with Gasteiger partial charge < -0.3 is 10.3 Å². The largest absolute Gasteiger partial charge is 0.326 e. The third kappa shape index (κ3) is 3.42. The molecular formula is C21H22N6O2. The Morgan fingerprint density at radius 2 is 1.97 bits per heavy atom. The lowest BCUT2D eigenvalue weighted by Crippen LogP contribution is -2.40. The van der Waals surface area contributed by atoms with Gasteiger partial charge in [-0.25, -0.2) is 4.79 Å². The van der Waals surface area contributed by atoms with Crippen LogP contribution in [0.2, 0.25) is 0 Å². The molecule has 29 heavy (non-hydrogen) atoms. The number of para-hydroxylation sites is 2. The lowest BCUT2D eigenvalue weighted by Gasteiger charge is -2.32. The summed E-state index contributed by atoms with van der Waals surface area (Å²) in [6.45, 7) is 1.91. The van der Waals surface area contributed by atoms with Crippen molar-refractivity contribution in [2.75, 3.05) is 25.0 Å². The maximum atomic E-state index is 12.5. The average Bonchev–Trinajstić information content (AvgIpc) is 3.31. The smallest absolute Gasteiger partial charge is 0.325 e. The summed E-state index contributed by atoms with van der Waals surface area (Å²) in [5, 5.41) is 10.9. The number of aromatic amines is 2. The van der Waals surface area contributed by atoms with E-state index < -0.39 is 0 Å². The summed E-state index contributed by atoms with van der Waals surface area (Å²) in [5.41, 5.74) is 3.41. The Hall–Kier alpha value is -3.39. The molecule has 0 aliphatic carbocycles. The number of nitrogens with one attached hydrogen (secondary N) is 3. The molecule has 3 N–H and O–H groups in total. The van der Waals surface area contributed by atoms with Crippen LogP contribution in [0.1, 0.15) is 18.9 Å². The van der Waals surface area contributed by atoms with Crippen molar-refractivity contribution in [3.63, 3.8) is 0 Å². The quantitative estimate of drug-likeness (QED) is 0.499. The predicted octanol–water partition coefficient (Wildman–Crippen LogP) is 2.48. The molecule has 3 heterocycles. The predicted molar refractivity (Wildman–Crippen MR) is 112 cm³/mol. The monoisotopic (exact) mass is 390 g/mol. The number of rotatable bonds is 4. The molecule has 0 spiro atoms. The van der Waals surface area contributed by atoms with Gasteiger partial charge in [0.25, 0.3) is 0 Å². The van der Waals surface area contributed by atoms with Crippen molar-refractivity contribution in [3.05, 3.63) is 59.1 Å². The van der Waals surface area contributed by atoms with Crippen molar-refractivity contribution >= 4 is 33.5 Å². The number of piperidine rings is 1. The number of aromatic nitrogens is 4. The minimum absolute atomic E-state index is 0.0356. The molecule has 0 radical (unpaired) electrons. The molecular weight excluding hydrogens is 368 g/mol. The highest BCUT2D eigenvalue weighted by atomic mass is 16.2. The summed E-state index contributed by atoms with van der Waals surface area (Å²) in [6.07, 6.45) is 3.44. The summed E-state index contributed by atoms with van der Waals surface area (Å²) in [7, 11) is 0. The Labute approximate surface area is 166 Å². The van der Waals surface area contributed by atoms with Gasteiger partial charge in [-0.15, -0.1) is 0 Å². The molecule has 2 aromatic heterocycles. The van der Waals surface area contributed by atoms with Crippen LogP contribution in [0, 0.1) is 0 Å². The number of imidazole rings is 1. The molecule has 148 valence electrons. The molecule has 4 aromatic rings. The number of carbonyl (C=O) groups excluding carboxylic acids is 1. The van der Waals surface area contributed by atoms with E-state index in [1.165, 1.54) is 0 Å². The molecule has 1 amide bonds. The molecule has 0 unspecified atom stereocenters. The first-order valence-corrected chi connectivity index (χ1v) is 9.82. The number of nitrogens with zero attached hydrogens (tertiary/aromatic N) is 3. The van der Waals surface area contributed by atoms with Crippen molar-refractivity contribution < 1.29 is 4.79 Å². The van der Waals surface area contributed by atoms with Gasteiger partial charge in [0.15, 0.2) is 0 Å². The number of benzene rings is 2. The van der Waals surface area contributed by atoms with Crippen LogP contribution in [0.3, 0.4) is 0 Å². The summed E-state index contributed by atoms with van der Waals surface area (Å²) in [4.78, 5) is 29.9. The van der Waals surface area contributed by atoms with E-state index >= 15 is 0 Å². The SMILES string of the molecule is O=C(CN1CCC(n2c(=O)[nH]c3ccccc32)CC1)Nc1ccc2cn[nH]c2c1. The summed E-state index contributed by atoms with van der Waals surface area (Å²) < 4.78 is 1.87. The normalized spacial score (nSPS) is 15.9. The fourth-order valence-corrected chi connectivity index (χ4v) is 4.19. The van der Waals surface area contributed by atoms with Crippen LogP contribution in [-0.4, -0.2) is 50.2 Å². The van der Waals surface area contributed by atoms with E-state index in [0.717, 1.165) is 53.6 Å². The van der Waals surface area contributed by atoms with Crippen molar-refractivity contribution in [1.82, 2.24) is 24.6 Å². The van der Waals surface area contributed by atoms with Gasteiger partial charge in [-0.1, -0.05) is 12.1 Å².